The Kier molecular flexibility index (Phi) is 4.11. The summed E-state index contributed by atoms with van der Waals surface area (Å²) in [4.78, 5) is 3.86. The van der Waals surface area contributed by atoms with Crippen LogP contribution in [0.3, 0.4) is 0 Å². The standard InChI is InChI=1S/C4H8N4.C2H6/c1-6-4-7-2-3-8(4)5;1-2/h2-3H,5H2,1H3,(H,6,7);1-2H3. The Hall–Kier alpha value is -1.19. The van der Waals surface area contributed by atoms with Crippen LogP contribution in [0.1, 0.15) is 13.8 Å². The fourth-order valence-electron chi connectivity index (χ4n) is 0.507. The molecule has 0 spiro atoms. The molecule has 1 aromatic rings. The smallest absolute Gasteiger partial charge is 0.221 e. The molecule has 0 bridgehead atoms. The molecule has 0 aliphatic carbocycles. The van der Waals surface area contributed by atoms with Gasteiger partial charge in [0.05, 0.1) is 0 Å². The fraction of sp³-hybridized carbons (Fsp3) is 0.500. The minimum atomic E-state index is 0.671. The minimum Gasteiger partial charge on any atom is -0.357 e. The zero-order valence-electron chi connectivity index (χ0n) is 6.63. The van der Waals surface area contributed by atoms with E-state index in [1.165, 1.54) is 4.68 Å². The van der Waals surface area contributed by atoms with Crippen LogP contribution in [0, 0.1) is 0 Å². The van der Waals surface area contributed by atoms with Gasteiger partial charge in [0.1, 0.15) is 0 Å². The van der Waals surface area contributed by atoms with Crippen LogP contribution < -0.4 is 11.2 Å². The van der Waals surface area contributed by atoms with Crippen LogP contribution in [0.25, 0.3) is 0 Å². The van der Waals surface area contributed by atoms with E-state index in [-0.39, 0.29) is 0 Å². The van der Waals surface area contributed by atoms with E-state index in [2.05, 4.69) is 10.3 Å². The van der Waals surface area contributed by atoms with Crippen LogP contribution in [0.5, 0.6) is 0 Å². The van der Waals surface area contributed by atoms with E-state index in [9.17, 15) is 0 Å². The van der Waals surface area contributed by atoms with Gasteiger partial charge in [0, 0.05) is 19.4 Å². The van der Waals surface area contributed by atoms with Crippen molar-refractivity contribution in [2.45, 2.75) is 13.8 Å². The lowest BCUT2D eigenvalue weighted by Crippen LogP contribution is -2.10. The molecule has 0 radical (unpaired) electrons. The summed E-state index contributed by atoms with van der Waals surface area (Å²) < 4.78 is 1.42. The van der Waals surface area contributed by atoms with Gasteiger partial charge in [-0.2, -0.15) is 0 Å². The molecular formula is C6H14N4. The molecule has 1 heterocycles. The predicted octanol–water partition coefficient (Wildman–Crippen LogP) is 0.665. The molecule has 0 fully saturated rings. The van der Waals surface area contributed by atoms with Gasteiger partial charge in [-0.05, 0) is 0 Å². The number of nitrogens with zero attached hydrogens (tertiary/aromatic N) is 2. The third kappa shape index (κ3) is 1.97. The number of imidazole rings is 1. The summed E-state index contributed by atoms with van der Waals surface area (Å²) in [6.45, 7) is 4.00. The second kappa shape index (κ2) is 4.67. The average Bonchev–Trinajstić information content (AvgIpc) is 2.39. The van der Waals surface area contributed by atoms with Crippen LogP contribution in [0.15, 0.2) is 12.4 Å². The van der Waals surface area contributed by atoms with E-state index in [1.807, 2.05) is 13.8 Å². The highest BCUT2D eigenvalue weighted by atomic mass is 15.4. The zero-order valence-corrected chi connectivity index (χ0v) is 6.63. The van der Waals surface area contributed by atoms with Crippen molar-refractivity contribution in [1.82, 2.24) is 9.66 Å². The highest BCUT2D eigenvalue weighted by molar-refractivity contribution is 5.23. The molecule has 1 aromatic heterocycles. The number of hydrogen-bond donors (Lipinski definition) is 2. The van der Waals surface area contributed by atoms with Crippen molar-refractivity contribution < 1.29 is 0 Å². The summed E-state index contributed by atoms with van der Waals surface area (Å²) in [6.07, 6.45) is 3.30. The van der Waals surface area contributed by atoms with Crippen molar-refractivity contribution in [3.05, 3.63) is 12.4 Å². The van der Waals surface area contributed by atoms with Crippen molar-refractivity contribution in [1.29, 1.82) is 0 Å². The van der Waals surface area contributed by atoms with Crippen molar-refractivity contribution in [3.63, 3.8) is 0 Å². The quantitative estimate of drug-likeness (QED) is 0.566. The van der Waals surface area contributed by atoms with Crippen molar-refractivity contribution in [2.24, 2.45) is 0 Å². The third-order valence-electron chi connectivity index (χ3n) is 0.892. The van der Waals surface area contributed by atoms with Crippen molar-refractivity contribution in [2.75, 3.05) is 18.2 Å². The first-order valence-corrected chi connectivity index (χ1v) is 3.31. The second-order valence-electron chi connectivity index (χ2n) is 1.41. The summed E-state index contributed by atoms with van der Waals surface area (Å²) >= 11 is 0. The maximum Gasteiger partial charge on any atom is 0.221 e. The van der Waals surface area contributed by atoms with Crippen LogP contribution in [-0.4, -0.2) is 16.7 Å². The molecule has 4 nitrogen and oxygen atoms in total. The summed E-state index contributed by atoms with van der Waals surface area (Å²) in [6, 6.07) is 0. The van der Waals surface area contributed by atoms with Crippen LogP contribution in [0.2, 0.25) is 0 Å². The van der Waals surface area contributed by atoms with E-state index < -0.39 is 0 Å². The molecule has 58 valence electrons. The molecule has 0 aromatic carbocycles. The van der Waals surface area contributed by atoms with Crippen LogP contribution >= 0.6 is 0 Å². The zero-order chi connectivity index (χ0) is 7.98. The lowest BCUT2D eigenvalue weighted by Gasteiger charge is -1.95. The van der Waals surface area contributed by atoms with Gasteiger partial charge in [0.25, 0.3) is 0 Å². The molecule has 0 aliphatic heterocycles. The molecule has 0 amide bonds. The van der Waals surface area contributed by atoms with Gasteiger partial charge >= 0.3 is 0 Å². The molecule has 0 unspecified atom stereocenters. The third-order valence-corrected chi connectivity index (χ3v) is 0.892. The maximum absolute atomic E-state index is 5.34. The Balaban J connectivity index is 0.000000371. The SMILES string of the molecule is CC.CNc1nccn1N. The van der Waals surface area contributed by atoms with E-state index in [1.54, 1.807) is 19.4 Å². The predicted molar refractivity (Wildman–Crippen MR) is 43.3 cm³/mol. The van der Waals surface area contributed by atoms with E-state index in [0.717, 1.165) is 0 Å². The number of nitrogens with one attached hydrogen (secondary N) is 1. The fourth-order valence-corrected chi connectivity index (χ4v) is 0.507. The molecule has 10 heavy (non-hydrogen) atoms. The topological polar surface area (TPSA) is 55.9 Å². The highest BCUT2D eigenvalue weighted by Gasteiger charge is 1.90. The van der Waals surface area contributed by atoms with E-state index >= 15 is 0 Å². The van der Waals surface area contributed by atoms with Gasteiger partial charge in [0.15, 0.2) is 0 Å². The first kappa shape index (κ1) is 8.81. The first-order chi connectivity index (χ1) is 4.84. The second-order valence-corrected chi connectivity index (χ2v) is 1.41. The first-order valence-electron chi connectivity index (χ1n) is 3.31. The highest BCUT2D eigenvalue weighted by Crippen LogP contribution is 1.94. The largest absolute Gasteiger partial charge is 0.357 e. The van der Waals surface area contributed by atoms with Crippen molar-refractivity contribution >= 4 is 5.95 Å². The van der Waals surface area contributed by atoms with E-state index in [0.29, 0.717) is 5.95 Å². The molecule has 0 atom stereocenters. The average molecular weight is 142 g/mol. The monoisotopic (exact) mass is 142 g/mol. The Bertz CT molecular complexity index is 170. The summed E-state index contributed by atoms with van der Waals surface area (Å²) in [5.74, 6) is 6.01. The number of anilines is 1. The van der Waals surface area contributed by atoms with Crippen LogP contribution in [0.4, 0.5) is 5.95 Å². The van der Waals surface area contributed by atoms with Gasteiger partial charge in [-0.1, -0.05) is 13.8 Å². The molecule has 4 heteroatoms. The summed E-state index contributed by atoms with van der Waals surface area (Å²) in [5.41, 5.74) is 0. The lowest BCUT2D eigenvalue weighted by atomic mass is 11.0. The van der Waals surface area contributed by atoms with E-state index in [4.69, 9.17) is 5.84 Å². The molecule has 1 rings (SSSR count). The summed E-state index contributed by atoms with van der Waals surface area (Å²) in [7, 11) is 1.77. The minimum absolute atomic E-state index is 0.671. The number of nitrogen functional groups attached to an aromatic ring is 1. The lowest BCUT2D eigenvalue weighted by molar-refractivity contribution is 1.00. The number of aromatic nitrogens is 2. The van der Waals surface area contributed by atoms with Crippen molar-refractivity contribution in [3.8, 4) is 0 Å². The summed E-state index contributed by atoms with van der Waals surface area (Å²) in [5, 5.41) is 2.80. The maximum atomic E-state index is 5.34. The molecule has 3 N–H and O–H groups in total. The van der Waals surface area contributed by atoms with Gasteiger partial charge in [-0.25, -0.2) is 9.66 Å². The number of hydrogen-bond acceptors (Lipinski definition) is 3. The molecule has 0 saturated heterocycles. The number of nitrogens with two attached hydrogens (primary N) is 1. The number of rotatable bonds is 1. The molecule has 0 aliphatic rings. The Morgan fingerprint density at radius 2 is 2.20 bits per heavy atom. The Morgan fingerprint density at radius 3 is 2.40 bits per heavy atom. The normalized spacial score (nSPS) is 7.90. The van der Waals surface area contributed by atoms with Crippen LogP contribution in [-0.2, 0) is 0 Å². The van der Waals surface area contributed by atoms with Gasteiger partial charge < -0.3 is 11.2 Å². The van der Waals surface area contributed by atoms with Gasteiger partial charge in [0.2, 0.25) is 5.95 Å². The van der Waals surface area contributed by atoms with Gasteiger partial charge in [-0.3, -0.25) is 0 Å². The molecular weight excluding hydrogens is 128 g/mol. The van der Waals surface area contributed by atoms with Gasteiger partial charge in [-0.15, -0.1) is 0 Å². The molecule has 0 saturated carbocycles. The Morgan fingerprint density at radius 1 is 1.60 bits per heavy atom. The Labute approximate surface area is 61.0 Å².